The number of alkyl halides is 1. The molecule has 0 aliphatic rings. The number of halogens is 1. The molecule has 0 aromatic heterocycles. The van der Waals surface area contributed by atoms with Gasteiger partial charge >= 0.3 is 0 Å². The molecule has 2 N–H and O–H groups in total. The van der Waals surface area contributed by atoms with Crippen molar-refractivity contribution in [3.63, 3.8) is 0 Å². The van der Waals surface area contributed by atoms with Gasteiger partial charge in [0.05, 0.1) is 5.92 Å². The summed E-state index contributed by atoms with van der Waals surface area (Å²) >= 11 is 5.94. The highest BCUT2D eigenvalue weighted by molar-refractivity contribution is 6.20. The predicted molar refractivity (Wildman–Crippen MR) is 181 cm³/mol. The summed E-state index contributed by atoms with van der Waals surface area (Å²) < 4.78 is 0. The Labute approximate surface area is 264 Å². The number of hydrogen-bond donors (Lipinski definition) is 2. The number of unbranched alkanes of at least 4 members (excludes halogenated alkanes) is 17. The van der Waals surface area contributed by atoms with Gasteiger partial charge in [0.2, 0.25) is 5.79 Å². The topological polar surface area (TPSA) is 74.6 Å². The highest BCUT2D eigenvalue weighted by Gasteiger charge is 2.44. The van der Waals surface area contributed by atoms with Crippen molar-refractivity contribution in [2.45, 2.75) is 174 Å². The Hall–Kier alpha value is -1.23. The van der Waals surface area contributed by atoms with Gasteiger partial charge in [0.15, 0.2) is 5.78 Å². The second kappa shape index (κ2) is 29.8. The van der Waals surface area contributed by atoms with Crippen LogP contribution < -0.4 is 0 Å². The molecule has 1 atom stereocenters. The fourth-order valence-electron chi connectivity index (χ4n) is 5.19. The highest BCUT2D eigenvalue weighted by atomic mass is 35.5. The van der Waals surface area contributed by atoms with Gasteiger partial charge in [-0.2, -0.15) is 0 Å². The minimum atomic E-state index is -2.66. The van der Waals surface area contributed by atoms with Crippen LogP contribution in [0.15, 0.2) is 36.5 Å². The van der Waals surface area contributed by atoms with E-state index < -0.39 is 17.5 Å². The molecule has 0 aliphatic heterocycles. The fourth-order valence-corrected chi connectivity index (χ4v) is 5.58. The van der Waals surface area contributed by atoms with E-state index in [9.17, 15) is 19.8 Å². The normalized spacial score (nSPS) is 13.2. The Bertz CT molecular complexity index is 725. The number of aliphatic hydroxyl groups is 2. The van der Waals surface area contributed by atoms with Gasteiger partial charge in [0.1, 0.15) is 5.78 Å². The Morgan fingerprint density at radius 3 is 1.52 bits per heavy atom. The third-order valence-corrected chi connectivity index (χ3v) is 8.33. The molecule has 0 fully saturated rings. The SMILES string of the molecule is CCC=CCC=CCC=CCCCCCCCC(=O)C(CCl)C(O)(O)C(=O)CCCCCCCCCCCCCCC. The van der Waals surface area contributed by atoms with E-state index in [-0.39, 0.29) is 24.5 Å². The van der Waals surface area contributed by atoms with Crippen molar-refractivity contribution in [2.24, 2.45) is 5.92 Å². The molecule has 0 radical (unpaired) electrons. The average molecular weight is 609 g/mol. The number of ketones is 2. The fraction of sp³-hybridized carbons (Fsp3) is 0.784. The van der Waals surface area contributed by atoms with E-state index in [1.165, 1.54) is 57.8 Å². The molecule has 0 rings (SSSR count). The lowest BCUT2D eigenvalue weighted by molar-refractivity contribution is -0.201. The molecule has 1 unspecified atom stereocenters. The molecule has 0 heterocycles. The Kier molecular flexibility index (Phi) is 29.0. The minimum absolute atomic E-state index is 0.0759. The molecule has 0 saturated heterocycles. The van der Waals surface area contributed by atoms with Gasteiger partial charge in [0, 0.05) is 18.7 Å². The maximum atomic E-state index is 12.7. The summed E-state index contributed by atoms with van der Waals surface area (Å²) in [4.78, 5) is 25.2. The molecule has 0 spiro atoms. The molecule has 244 valence electrons. The zero-order valence-corrected chi connectivity index (χ0v) is 28.1. The highest BCUT2D eigenvalue weighted by Crippen LogP contribution is 2.24. The van der Waals surface area contributed by atoms with Crippen molar-refractivity contribution in [3.05, 3.63) is 36.5 Å². The molecule has 0 saturated carbocycles. The molecule has 42 heavy (non-hydrogen) atoms. The molecule has 0 aliphatic carbocycles. The predicted octanol–water partition coefficient (Wildman–Crippen LogP) is 10.7. The zero-order valence-electron chi connectivity index (χ0n) is 27.3. The van der Waals surface area contributed by atoms with Crippen molar-refractivity contribution in [1.29, 1.82) is 0 Å². The first kappa shape index (κ1) is 40.8. The van der Waals surface area contributed by atoms with Crippen molar-refractivity contribution in [3.8, 4) is 0 Å². The van der Waals surface area contributed by atoms with Crippen LogP contribution in [0.1, 0.15) is 168 Å². The number of carbonyl (C=O) groups is 2. The van der Waals surface area contributed by atoms with Gasteiger partial charge < -0.3 is 10.2 Å². The molecule has 0 amide bonds. The third-order valence-electron chi connectivity index (χ3n) is 8.02. The lowest BCUT2D eigenvalue weighted by Crippen LogP contribution is -2.50. The minimum Gasteiger partial charge on any atom is -0.359 e. The molecule has 0 aromatic rings. The van der Waals surface area contributed by atoms with Gasteiger partial charge in [-0.15, -0.1) is 11.6 Å². The third kappa shape index (κ3) is 23.3. The standard InChI is InChI=1S/C37H65ClO4/c1-3-5-7-9-11-13-15-17-18-20-21-23-25-27-29-31-35(39)34(33-38)37(41,42)36(40)32-30-28-26-24-22-19-16-14-12-10-8-6-4-2/h5,7,11,13,17-18,34,41-42H,3-4,6,8-10,12,14-16,19-33H2,1-2H3. The van der Waals surface area contributed by atoms with Gasteiger partial charge in [0.25, 0.3) is 0 Å². The summed E-state index contributed by atoms with van der Waals surface area (Å²) in [5.74, 6) is -5.18. The van der Waals surface area contributed by atoms with E-state index >= 15 is 0 Å². The van der Waals surface area contributed by atoms with Crippen molar-refractivity contribution < 1.29 is 19.8 Å². The summed E-state index contributed by atoms with van der Waals surface area (Å²) in [7, 11) is 0. The second-order valence-corrected chi connectivity index (χ2v) is 12.2. The van der Waals surface area contributed by atoms with E-state index in [2.05, 4.69) is 50.3 Å². The van der Waals surface area contributed by atoms with Crippen LogP contribution in [-0.4, -0.2) is 33.4 Å². The number of hydrogen-bond acceptors (Lipinski definition) is 4. The molecule has 4 nitrogen and oxygen atoms in total. The summed E-state index contributed by atoms with van der Waals surface area (Å²) in [6.07, 6.45) is 38.1. The molecule has 5 heteroatoms. The van der Waals surface area contributed by atoms with Gasteiger partial charge in [-0.05, 0) is 44.9 Å². The van der Waals surface area contributed by atoms with E-state index in [0.717, 1.165) is 70.6 Å². The first-order chi connectivity index (χ1) is 20.4. The van der Waals surface area contributed by atoms with Crippen LogP contribution >= 0.6 is 11.6 Å². The summed E-state index contributed by atoms with van der Waals surface area (Å²) in [6.45, 7) is 4.39. The van der Waals surface area contributed by atoms with E-state index in [4.69, 9.17) is 11.6 Å². The maximum absolute atomic E-state index is 12.7. The van der Waals surface area contributed by atoms with E-state index in [1.807, 2.05) is 0 Å². The molecular weight excluding hydrogens is 544 g/mol. The van der Waals surface area contributed by atoms with E-state index in [1.54, 1.807) is 0 Å². The van der Waals surface area contributed by atoms with Crippen LogP contribution in [0.5, 0.6) is 0 Å². The van der Waals surface area contributed by atoms with Crippen molar-refractivity contribution in [2.75, 3.05) is 5.88 Å². The average Bonchev–Trinajstić information content (AvgIpc) is 2.97. The van der Waals surface area contributed by atoms with Crippen LogP contribution in [0.3, 0.4) is 0 Å². The van der Waals surface area contributed by atoms with Crippen LogP contribution in [0.4, 0.5) is 0 Å². The van der Waals surface area contributed by atoms with Crippen molar-refractivity contribution >= 4 is 23.2 Å². The maximum Gasteiger partial charge on any atom is 0.235 e. The number of rotatable bonds is 31. The van der Waals surface area contributed by atoms with Crippen molar-refractivity contribution in [1.82, 2.24) is 0 Å². The lowest BCUT2D eigenvalue weighted by Gasteiger charge is -2.27. The van der Waals surface area contributed by atoms with Gasteiger partial charge in [-0.3, -0.25) is 9.59 Å². The van der Waals surface area contributed by atoms with Crippen LogP contribution in [0.2, 0.25) is 0 Å². The molecule has 0 aromatic carbocycles. The number of carbonyl (C=O) groups excluding carboxylic acids is 2. The van der Waals surface area contributed by atoms with E-state index in [0.29, 0.717) is 12.8 Å². The first-order valence-electron chi connectivity index (χ1n) is 17.4. The Balaban J connectivity index is 3.93. The Morgan fingerprint density at radius 1 is 0.595 bits per heavy atom. The smallest absolute Gasteiger partial charge is 0.235 e. The zero-order chi connectivity index (χ0) is 31.2. The largest absolute Gasteiger partial charge is 0.359 e. The van der Waals surface area contributed by atoms with Crippen LogP contribution in [-0.2, 0) is 9.59 Å². The Morgan fingerprint density at radius 2 is 1.02 bits per heavy atom. The summed E-state index contributed by atoms with van der Waals surface area (Å²) in [5.41, 5.74) is 0. The molecular formula is C37H65ClO4. The van der Waals surface area contributed by atoms with Crippen LogP contribution in [0.25, 0.3) is 0 Å². The number of allylic oxidation sites excluding steroid dienone is 6. The second-order valence-electron chi connectivity index (χ2n) is 11.9. The van der Waals surface area contributed by atoms with Gasteiger partial charge in [-0.25, -0.2) is 0 Å². The molecule has 0 bridgehead atoms. The quantitative estimate of drug-likeness (QED) is 0.0355. The van der Waals surface area contributed by atoms with Crippen LogP contribution in [0, 0.1) is 5.92 Å². The lowest BCUT2D eigenvalue weighted by atomic mass is 9.87. The summed E-state index contributed by atoms with van der Waals surface area (Å²) in [6, 6.07) is 0. The summed E-state index contributed by atoms with van der Waals surface area (Å²) in [5, 5.41) is 21.0. The van der Waals surface area contributed by atoms with Gasteiger partial charge in [-0.1, -0.05) is 147 Å². The monoisotopic (exact) mass is 608 g/mol. The number of Topliss-reactive ketones (excluding diaryl/α,β-unsaturated/α-hetero) is 2. The first-order valence-corrected chi connectivity index (χ1v) is 18.0.